The van der Waals surface area contributed by atoms with Gasteiger partial charge in [-0.25, -0.2) is 0 Å². The minimum atomic E-state index is -4.43. The van der Waals surface area contributed by atoms with Gasteiger partial charge in [-0.05, 0) is 30.3 Å². The lowest BCUT2D eigenvalue weighted by Gasteiger charge is -2.09. The monoisotopic (exact) mass is 438 g/mol. The summed E-state index contributed by atoms with van der Waals surface area (Å²) in [4.78, 5) is 13.5. The molecule has 0 unspecified atom stereocenters. The molecule has 4 aromatic rings. The summed E-state index contributed by atoms with van der Waals surface area (Å²) in [6.07, 6.45) is -3.71. The summed E-state index contributed by atoms with van der Waals surface area (Å²) in [6.45, 7) is -0.569. The molecule has 3 aromatic heterocycles. The Bertz CT molecular complexity index is 1220. The van der Waals surface area contributed by atoms with Crippen LogP contribution < -0.4 is 5.32 Å². The Hall–Kier alpha value is -2.89. The fourth-order valence-electron chi connectivity index (χ4n) is 3.18. The number of nitrogens with zero attached hydrogens (tertiary/aromatic N) is 3. The molecule has 11 heteroatoms. The highest BCUT2D eigenvalue weighted by Crippen LogP contribution is 2.37. The quantitative estimate of drug-likeness (QED) is 0.447. The third-order valence-electron chi connectivity index (χ3n) is 4.61. The number of amides is 1. The van der Waals surface area contributed by atoms with E-state index in [1.165, 1.54) is 23.5 Å². The molecule has 30 heavy (non-hydrogen) atoms. The number of benzene rings is 1. The SMILES string of the molecule is Cn1cc2c3cc(C(=O)NC[C@H](O)CO)sc3n(-c3ccc(C(F)(F)F)cc3)c2n1. The number of alkyl halides is 3. The lowest BCUT2D eigenvalue weighted by atomic mass is 10.2. The van der Waals surface area contributed by atoms with Crippen LogP contribution in [0.5, 0.6) is 0 Å². The molecule has 1 amide bonds. The number of aliphatic hydroxyl groups excluding tert-OH is 2. The van der Waals surface area contributed by atoms with Crippen molar-refractivity contribution in [2.24, 2.45) is 7.05 Å². The number of fused-ring (bicyclic) bond motifs is 3. The van der Waals surface area contributed by atoms with E-state index in [9.17, 15) is 23.1 Å². The zero-order chi connectivity index (χ0) is 21.6. The number of rotatable bonds is 5. The van der Waals surface area contributed by atoms with Gasteiger partial charge < -0.3 is 15.5 Å². The second kappa shape index (κ2) is 7.42. The lowest BCUT2D eigenvalue weighted by molar-refractivity contribution is -0.137. The zero-order valence-corrected chi connectivity index (χ0v) is 16.5. The first-order chi connectivity index (χ1) is 14.2. The van der Waals surface area contributed by atoms with Gasteiger partial charge in [0.25, 0.3) is 5.91 Å². The number of hydrogen-bond acceptors (Lipinski definition) is 5. The van der Waals surface area contributed by atoms with Gasteiger partial charge in [-0.1, -0.05) is 0 Å². The lowest BCUT2D eigenvalue weighted by Crippen LogP contribution is -2.33. The molecule has 0 bridgehead atoms. The van der Waals surface area contributed by atoms with Crippen LogP contribution in [0.2, 0.25) is 0 Å². The zero-order valence-electron chi connectivity index (χ0n) is 15.6. The molecular formula is C19H17F3N4O3S. The van der Waals surface area contributed by atoms with Crippen molar-refractivity contribution >= 4 is 38.5 Å². The number of nitrogens with one attached hydrogen (secondary N) is 1. The van der Waals surface area contributed by atoms with Crippen LogP contribution in [0, 0.1) is 0 Å². The van der Waals surface area contributed by atoms with Crippen molar-refractivity contribution in [3.8, 4) is 5.69 Å². The molecule has 0 saturated heterocycles. The van der Waals surface area contributed by atoms with E-state index >= 15 is 0 Å². The van der Waals surface area contributed by atoms with Crippen molar-refractivity contribution in [2.75, 3.05) is 13.2 Å². The van der Waals surface area contributed by atoms with Crippen molar-refractivity contribution in [1.82, 2.24) is 19.7 Å². The van der Waals surface area contributed by atoms with Gasteiger partial charge in [0.05, 0.1) is 23.2 Å². The van der Waals surface area contributed by atoms with Crippen molar-refractivity contribution in [3.63, 3.8) is 0 Å². The molecule has 0 aliphatic carbocycles. The average Bonchev–Trinajstić information content (AvgIpc) is 3.35. The Balaban J connectivity index is 1.79. The summed E-state index contributed by atoms with van der Waals surface area (Å²) in [5, 5.41) is 26.8. The molecule has 0 spiro atoms. The summed E-state index contributed by atoms with van der Waals surface area (Å²) < 4.78 is 42.1. The van der Waals surface area contributed by atoms with Crippen molar-refractivity contribution in [3.05, 3.63) is 47.0 Å². The molecule has 0 fully saturated rings. The molecule has 0 radical (unpaired) electrons. The molecule has 7 nitrogen and oxygen atoms in total. The second-order valence-corrected chi connectivity index (χ2v) is 7.83. The maximum absolute atomic E-state index is 12.9. The van der Waals surface area contributed by atoms with Gasteiger partial charge in [-0.3, -0.25) is 14.0 Å². The van der Waals surface area contributed by atoms with E-state index < -0.39 is 30.4 Å². The van der Waals surface area contributed by atoms with Gasteiger partial charge in [-0.2, -0.15) is 18.3 Å². The number of aliphatic hydroxyl groups is 2. The van der Waals surface area contributed by atoms with Crippen LogP contribution in [0.3, 0.4) is 0 Å². The number of hydrogen-bond donors (Lipinski definition) is 3. The van der Waals surface area contributed by atoms with Crippen LogP contribution >= 0.6 is 11.3 Å². The minimum absolute atomic E-state index is 0.0986. The van der Waals surface area contributed by atoms with E-state index in [2.05, 4.69) is 10.4 Å². The Morgan fingerprint density at radius 3 is 2.60 bits per heavy atom. The highest BCUT2D eigenvalue weighted by atomic mass is 32.1. The third-order valence-corrected chi connectivity index (χ3v) is 5.73. The Morgan fingerprint density at radius 2 is 1.97 bits per heavy atom. The normalized spacial score (nSPS) is 13.3. The molecule has 0 aliphatic heterocycles. The average molecular weight is 438 g/mol. The first-order valence-electron chi connectivity index (χ1n) is 8.91. The largest absolute Gasteiger partial charge is 0.416 e. The first-order valence-corrected chi connectivity index (χ1v) is 9.73. The van der Waals surface area contributed by atoms with E-state index in [0.717, 1.165) is 22.9 Å². The molecule has 1 atom stereocenters. The predicted molar refractivity (Wildman–Crippen MR) is 106 cm³/mol. The van der Waals surface area contributed by atoms with Crippen molar-refractivity contribution in [1.29, 1.82) is 0 Å². The van der Waals surface area contributed by atoms with Crippen LogP contribution in [0.4, 0.5) is 13.2 Å². The van der Waals surface area contributed by atoms with E-state index in [0.29, 0.717) is 21.0 Å². The predicted octanol–water partition coefficient (Wildman–Crippen LogP) is 2.68. The standard InChI is InChI=1S/C19H17F3N4O3S/c1-25-8-14-13-6-15(17(29)23-7-12(28)9-27)30-18(13)26(16(14)24-25)11-4-2-10(3-5-11)19(20,21)22/h2-6,8,12,27-28H,7,9H2,1H3,(H,23,29)/t12-/m0/s1. The fourth-order valence-corrected chi connectivity index (χ4v) is 4.29. The first kappa shape index (κ1) is 20.4. The number of aryl methyl sites for hydroxylation is 1. The smallest absolute Gasteiger partial charge is 0.394 e. The summed E-state index contributed by atoms with van der Waals surface area (Å²) in [5.41, 5.74) is 0.313. The highest BCUT2D eigenvalue weighted by molar-refractivity contribution is 7.20. The number of thiophene rings is 1. The van der Waals surface area contributed by atoms with Crippen LogP contribution in [0.1, 0.15) is 15.2 Å². The number of carbonyl (C=O) groups excluding carboxylic acids is 1. The maximum Gasteiger partial charge on any atom is 0.416 e. The topological polar surface area (TPSA) is 92.3 Å². The summed E-state index contributed by atoms with van der Waals surface area (Å²) in [6, 6.07) is 6.44. The molecular weight excluding hydrogens is 421 g/mol. The molecule has 3 N–H and O–H groups in total. The van der Waals surface area contributed by atoms with Crippen LogP contribution in [-0.2, 0) is 13.2 Å². The van der Waals surface area contributed by atoms with Crippen LogP contribution in [0.15, 0.2) is 36.5 Å². The molecule has 158 valence electrons. The fraction of sp³-hybridized carbons (Fsp3) is 0.263. The second-order valence-electron chi connectivity index (χ2n) is 6.80. The van der Waals surface area contributed by atoms with Gasteiger partial charge in [0, 0.05) is 36.2 Å². The minimum Gasteiger partial charge on any atom is -0.394 e. The van der Waals surface area contributed by atoms with E-state index in [4.69, 9.17) is 5.11 Å². The number of carbonyl (C=O) groups is 1. The van der Waals surface area contributed by atoms with Gasteiger partial charge in [-0.15, -0.1) is 11.3 Å². The van der Waals surface area contributed by atoms with E-state index in [1.807, 2.05) is 0 Å². The van der Waals surface area contributed by atoms with Gasteiger partial charge in [0.15, 0.2) is 5.65 Å². The Labute approximate surface area is 172 Å². The van der Waals surface area contributed by atoms with E-state index in [1.54, 1.807) is 28.6 Å². The summed E-state index contributed by atoms with van der Waals surface area (Å²) in [7, 11) is 1.74. The molecule has 1 aromatic carbocycles. The van der Waals surface area contributed by atoms with Gasteiger partial charge in [0.1, 0.15) is 4.83 Å². The maximum atomic E-state index is 12.9. The van der Waals surface area contributed by atoms with Gasteiger partial charge in [0.2, 0.25) is 0 Å². The summed E-state index contributed by atoms with van der Waals surface area (Å²) in [5.74, 6) is -0.417. The summed E-state index contributed by atoms with van der Waals surface area (Å²) >= 11 is 1.17. The molecule has 0 saturated carbocycles. The number of aromatic nitrogens is 3. The Morgan fingerprint density at radius 1 is 1.27 bits per heavy atom. The van der Waals surface area contributed by atoms with E-state index in [-0.39, 0.29) is 6.54 Å². The number of halogens is 3. The van der Waals surface area contributed by atoms with Crippen LogP contribution in [-0.4, -0.2) is 49.7 Å². The molecule has 4 rings (SSSR count). The highest BCUT2D eigenvalue weighted by Gasteiger charge is 2.30. The van der Waals surface area contributed by atoms with Crippen molar-refractivity contribution in [2.45, 2.75) is 12.3 Å². The molecule has 0 aliphatic rings. The Kier molecular flexibility index (Phi) is 5.04. The molecule has 3 heterocycles. The van der Waals surface area contributed by atoms with Crippen molar-refractivity contribution < 1.29 is 28.2 Å². The third kappa shape index (κ3) is 3.55. The van der Waals surface area contributed by atoms with Crippen LogP contribution in [0.25, 0.3) is 26.9 Å². The van der Waals surface area contributed by atoms with Gasteiger partial charge >= 0.3 is 6.18 Å².